The molecule has 0 aliphatic carbocycles. The first kappa shape index (κ1) is 18.6. The number of aryl methyl sites for hydroxylation is 2. The average Bonchev–Trinajstić information content (AvgIpc) is 3.07. The van der Waals surface area contributed by atoms with E-state index in [4.69, 9.17) is 9.15 Å². The summed E-state index contributed by atoms with van der Waals surface area (Å²) in [6.45, 7) is 6.37. The zero-order valence-corrected chi connectivity index (χ0v) is 15.6. The van der Waals surface area contributed by atoms with Gasteiger partial charge in [0.1, 0.15) is 11.3 Å². The average molecular weight is 370 g/mol. The molecule has 1 atom stereocenters. The molecule has 1 unspecified atom stereocenters. The molecule has 1 amide bonds. The number of nitrogens with zero attached hydrogens (tertiary/aromatic N) is 3. The molecule has 0 radical (unpaired) electrons. The number of carbonyl (C=O) groups is 1. The largest absolute Gasteiger partial charge is 0.481 e. The van der Waals surface area contributed by atoms with E-state index in [1.165, 1.54) is 6.07 Å². The quantitative estimate of drug-likeness (QED) is 0.642. The van der Waals surface area contributed by atoms with Crippen LogP contribution in [-0.2, 0) is 17.8 Å². The van der Waals surface area contributed by atoms with Gasteiger partial charge in [0.25, 0.3) is 5.91 Å². The molecule has 0 saturated carbocycles. The molecule has 2 aromatic heterocycles. The lowest BCUT2D eigenvalue weighted by Crippen LogP contribution is -2.30. The first-order chi connectivity index (χ1) is 13.0. The second kappa shape index (κ2) is 8.03. The summed E-state index contributed by atoms with van der Waals surface area (Å²) in [5.41, 5.74) is 0.943. The van der Waals surface area contributed by atoms with Crippen LogP contribution in [0.3, 0.4) is 0 Å². The van der Waals surface area contributed by atoms with E-state index < -0.39 is 11.7 Å². The third kappa shape index (κ3) is 4.33. The molecule has 0 bridgehead atoms. The van der Waals surface area contributed by atoms with Crippen LogP contribution in [0.2, 0.25) is 0 Å². The van der Waals surface area contributed by atoms with Gasteiger partial charge in [-0.25, -0.2) is 4.79 Å². The molecule has 0 saturated heterocycles. The molecule has 1 aromatic carbocycles. The summed E-state index contributed by atoms with van der Waals surface area (Å²) in [5, 5.41) is 11.4. The number of benzene rings is 1. The molecule has 3 rings (SSSR count). The van der Waals surface area contributed by atoms with Crippen LogP contribution in [0.4, 0.5) is 5.82 Å². The van der Waals surface area contributed by atoms with Crippen molar-refractivity contribution < 1.29 is 13.9 Å². The van der Waals surface area contributed by atoms with Crippen LogP contribution < -0.4 is 15.7 Å². The highest BCUT2D eigenvalue weighted by molar-refractivity contribution is 5.93. The van der Waals surface area contributed by atoms with E-state index >= 15 is 0 Å². The fourth-order valence-electron chi connectivity index (χ4n) is 2.76. The van der Waals surface area contributed by atoms with Gasteiger partial charge in [0, 0.05) is 24.1 Å². The highest BCUT2D eigenvalue weighted by atomic mass is 16.5. The van der Waals surface area contributed by atoms with E-state index in [9.17, 15) is 9.59 Å². The van der Waals surface area contributed by atoms with Crippen molar-refractivity contribution in [2.45, 2.75) is 46.3 Å². The van der Waals surface area contributed by atoms with Crippen LogP contribution in [0.25, 0.3) is 11.0 Å². The van der Waals surface area contributed by atoms with Crippen molar-refractivity contribution in [2.75, 3.05) is 5.32 Å². The molecule has 2 heterocycles. The summed E-state index contributed by atoms with van der Waals surface area (Å²) in [6.07, 6.45) is 2.55. The van der Waals surface area contributed by atoms with E-state index in [0.29, 0.717) is 17.2 Å². The van der Waals surface area contributed by atoms with E-state index in [1.807, 2.05) is 19.9 Å². The third-order valence-corrected chi connectivity index (χ3v) is 4.11. The second-order valence-corrected chi connectivity index (χ2v) is 6.22. The second-order valence-electron chi connectivity index (χ2n) is 6.22. The summed E-state index contributed by atoms with van der Waals surface area (Å²) < 4.78 is 12.6. The Bertz CT molecular complexity index is 1010. The first-order valence-corrected chi connectivity index (χ1v) is 8.94. The van der Waals surface area contributed by atoms with Crippen molar-refractivity contribution in [3.05, 3.63) is 46.4 Å². The Kier molecular flexibility index (Phi) is 5.54. The van der Waals surface area contributed by atoms with E-state index in [0.717, 1.165) is 30.3 Å². The molecule has 8 heteroatoms. The van der Waals surface area contributed by atoms with Gasteiger partial charge in [-0.05, 0) is 37.5 Å². The number of ether oxygens (including phenoxy) is 1. The maximum absolute atomic E-state index is 12.3. The third-order valence-electron chi connectivity index (χ3n) is 4.11. The molecule has 0 spiro atoms. The highest BCUT2D eigenvalue weighted by Crippen LogP contribution is 2.23. The topological polar surface area (TPSA) is 99.2 Å². The minimum atomic E-state index is -0.764. The number of aromatic nitrogens is 3. The van der Waals surface area contributed by atoms with Gasteiger partial charge in [0.05, 0.1) is 6.20 Å². The van der Waals surface area contributed by atoms with Crippen LogP contribution in [0.5, 0.6) is 5.75 Å². The molecule has 0 aliphatic rings. The smallest absolute Gasteiger partial charge is 0.336 e. The zero-order chi connectivity index (χ0) is 19.4. The molecule has 3 aromatic rings. The number of nitrogens with one attached hydrogen (secondary N) is 1. The van der Waals surface area contributed by atoms with Gasteiger partial charge in [-0.3, -0.25) is 9.48 Å². The number of anilines is 1. The summed E-state index contributed by atoms with van der Waals surface area (Å²) in [5.74, 6) is 0.472. The fourth-order valence-corrected chi connectivity index (χ4v) is 2.76. The van der Waals surface area contributed by atoms with Gasteiger partial charge in [0.2, 0.25) is 0 Å². The van der Waals surface area contributed by atoms with Gasteiger partial charge in [-0.15, -0.1) is 5.10 Å². The summed E-state index contributed by atoms with van der Waals surface area (Å²) >= 11 is 0. The monoisotopic (exact) mass is 370 g/mol. The predicted molar refractivity (Wildman–Crippen MR) is 101 cm³/mol. The van der Waals surface area contributed by atoms with Crippen LogP contribution in [0.1, 0.15) is 32.8 Å². The minimum Gasteiger partial charge on any atom is -0.481 e. The summed E-state index contributed by atoms with van der Waals surface area (Å²) in [6, 6.07) is 6.69. The van der Waals surface area contributed by atoms with Crippen molar-refractivity contribution >= 4 is 22.7 Å². The van der Waals surface area contributed by atoms with Crippen molar-refractivity contribution in [1.29, 1.82) is 0 Å². The number of rotatable bonds is 7. The van der Waals surface area contributed by atoms with Crippen LogP contribution in [0.15, 0.2) is 39.7 Å². The standard InChI is InChI=1S/C19H22N4O4/c1-4-8-23-11-17(21-22-23)20-19(25)12(3)26-14-6-7-15-13(5-2)9-18(24)27-16(15)10-14/h6-7,9-12H,4-5,8H2,1-3H3,(H,20,25). The number of amides is 1. The lowest BCUT2D eigenvalue weighted by molar-refractivity contribution is -0.122. The number of carbonyl (C=O) groups excluding carboxylic acids is 1. The zero-order valence-electron chi connectivity index (χ0n) is 15.6. The Morgan fingerprint density at radius 2 is 2.15 bits per heavy atom. The lowest BCUT2D eigenvalue weighted by Gasteiger charge is -2.14. The number of hydrogen-bond acceptors (Lipinski definition) is 6. The van der Waals surface area contributed by atoms with Crippen molar-refractivity contribution in [1.82, 2.24) is 15.0 Å². The lowest BCUT2D eigenvalue weighted by atomic mass is 10.1. The minimum absolute atomic E-state index is 0.345. The predicted octanol–water partition coefficient (Wildman–Crippen LogP) is 2.76. The molecule has 0 aliphatic heterocycles. The van der Waals surface area contributed by atoms with Crippen molar-refractivity contribution in [3.63, 3.8) is 0 Å². The normalized spacial score (nSPS) is 12.1. The molecule has 142 valence electrons. The van der Waals surface area contributed by atoms with Crippen molar-refractivity contribution in [2.24, 2.45) is 0 Å². The van der Waals surface area contributed by atoms with Crippen molar-refractivity contribution in [3.8, 4) is 5.75 Å². The number of hydrogen-bond donors (Lipinski definition) is 1. The van der Waals surface area contributed by atoms with E-state index in [-0.39, 0.29) is 5.91 Å². The van der Waals surface area contributed by atoms with Gasteiger partial charge in [-0.2, -0.15) is 0 Å². The molecule has 0 fully saturated rings. The summed E-state index contributed by atoms with van der Waals surface area (Å²) in [4.78, 5) is 24.0. The Morgan fingerprint density at radius 3 is 2.89 bits per heavy atom. The number of fused-ring (bicyclic) bond motifs is 1. The van der Waals surface area contributed by atoms with Gasteiger partial charge in [0.15, 0.2) is 11.9 Å². The molecule has 8 nitrogen and oxygen atoms in total. The Morgan fingerprint density at radius 1 is 1.33 bits per heavy atom. The van der Waals surface area contributed by atoms with Crippen LogP contribution >= 0.6 is 0 Å². The maximum atomic E-state index is 12.3. The fraction of sp³-hybridized carbons (Fsp3) is 0.368. The van der Waals surface area contributed by atoms with Crippen LogP contribution in [0, 0.1) is 0 Å². The first-order valence-electron chi connectivity index (χ1n) is 8.94. The SMILES string of the molecule is CCCn1cc(NC(=O)C(C)Oc2ccc3c(CC)cc(=O)oc3c2)nn1. The maximum Gasteiger partial charge on any atom is 0.336 e. The highest BCUT2D eigenvalue weighted by Gasteiger charge is 2.17. The Hall–Kier alpha value is -3.16. The molecular weight excluding hydrogens is 348 g/mol. The Balaban J connectivity index is 1.71. The molecule has 1 N–H and O–H groups in total. The summed E-state index contributed by atoms with van der Waals surface area (Å²) in [7, 11) is 0. The Labute approximate surface area is 156 Å². The van der Waals surface area contributed by atoms with Gasteiger partial charge in [-0.1, -0.05) is 19.1 Å². The van der Waals surface area contributed by atoms with Crippen LogP contribution in [-0.4, -0.2) is 27.0 Å². The molecule has 27 heavy (non-hydrogen) atoms. The molecular formula is C19H22N4O4. The van der Waals surface area contributed by atoms with Gasteiger partial charge >= 0.3 is 5.63 Å². The van der Waals surface area contributed by atoms with E-state index in [1.54, 1.807) is 29.9 Å². The van der Waals surface area contributed by atoms with E-state index in [2.05, 4.69) is 15.6 Å². The van der Waals surface area contributed by atoms with Gasteiger partial charge < -0.3 is 14.5 Å².